The van der Waals surface area contributed by atoms with Crippen molar-refractivity contribution in [3.05, 3.63) is 22.7 Å². The van der Waals surface area contributed by atoms with E-state index in [9.17, 15) is 22.8 Å². The fourth-order valence-electron chi connectivity index (χ4n) is 1.71. The molecule has 0 saturated carbocycles. The normalized spacial score (nSPS) is 13.1. The Morgan fingerprint density at radius 1 is 1.24 bits per heavy atom. The first-order valence-electron chi connectivity index (χ1n) is 7.17. The summed E-state index contributed by atoms with van der Waals surface area (Å²) in [6, 6.07) is 0.511. The zero-order valence-electron chi connectivity index (χ0n) is 14.0. The number of nitrogen functional groups attached to an aromatic ring is 1. The van der Waals surface area contributed by atoms with Crippen LogP contribution in [0.4, 0.5) is 29.3 Å². The number of carbonyl (C=O) groups is 2. The van der Waals surface area contributed by atoms with Gasteiger partial charge in [-0.3, -0.25) is 4.79 Å². The van der Waals surface area contributed by atoms with E-state index in [0.29, 0.717) is 6.07 Å². The van der Waals surface area contributed by atoms with Crippen LogP contribution in [0.5, 0.6) is 0 Å². The van der Waals surface area contributed by atoms with Gasteiger partial charge in [0.25, 0.3) is 0 Å². The minimum atomic E-state index is -4.67. The minimum Gasteiger partial charge on any atom is -0.444 e. The monoisotopic (exact) mass is 381 g/mol. The van der Waals surface area contributed by atoms with Crippen LogP contribution in [-0.2, 0) is 15.7 Å². The van der Waals surface area contributed by atoms with E-state index < -0.39 is 40.4 Å². The Hall–Kier alpha value is -2.16. The van der Waals surface area contributed by atoms with E-state index in [1.165, 1.54) is 6.92 Å². The molecule has 0 aliphatic rings. The van der Waals surface area contributed by atoms with Crippen LogP contribution in [0.15, 0.2) is 12.1 Å². The number of halogens is 4. The number of benzene rings is 1. The largest absolute Gasteiger partial charge is 0.444 e. The van der Waals surface area contributed by atoms with Crippen molar-refractivity contribution >= 4 is 35.0 Å². The molecule has 0 radical (unpaired) electrons. The van der Waals surface area contributed by atoms with E-state index in [2.05, 4.69) is 10.6 Å². The van der Waals surface area contributed by atoms with E-state index in [1.54, 1.807) is 20.8 Å². The number of carbonyl (C=O) groups excluding carboxylic acids is 2. The Balaban J connectivity index is 2.83. The molecule has 0 spiro atoms. The number of alkyl halides is 3. The van der Waals surface area contributed by atoms with Gasteiger partial charge >= 0.3 is 12.3 Å². The predicted molar refractivity (Wildman–Crippen MR) is 88.3 cm³/mol. The van der Waals surface area contributed by atoms with Crippen molar-refractivity contribution in [2.75, 3.05) is 11.1 Å². The molecule has 0 aliphatic heterocycles. The smallest absolute Gasteiger partial charge is 0.417 e. The maximum absolute atomic E-state index is 12.7. The molecule has 0 fully saturated rings. The summed E-state index contributed by atoms with van der Waals surface area (Å²) in [7, 11) is 0. The highest BCUT2D eigenvalue weighted by Gasteiger charge is 2.34. The van der Waals surface area contributed by atoms with E-state index in [1.807, 2.05) is 0 Å². The number of alkyl carbamates (subject to hydrolysis) is 1. The Labute approximate surface area is 147 Å². The van der Waals surface area contributed by atoms with E-state index in [0.717, 1.165) is 6.07 Å². The molecule has 140 valence electrons. The van der Waals surface area contributed by atoms with Gasteiger partial charge in [0.15, 0.2) is 0 Å². The molecule has 0 saturated heterocycles. The summed E-state index contributed by atoms with van der Waals surface area (Å²) in [5.41, 5.74) is 3.28. The van der Waals surface area contributed by atoms with E-state index in [-0.39, 0.29) is 11.4 Å². The number of rotatable bonds is 3. The molecule has 25 heavy (non-hydrogen) atoms. The molecule has 6 nitrogen and oxygen atoms in total. The Bertz CT molecular complexity index is 672. The van der Waals surface area contributed by atoms with Gasteiger partial charge in [0.05, 0.1) is 22.0 Å². The quantitative estimate of drug-likeness (QED) is 0.694. The molecular formula is C15H19ClF3N3O3. The molecule has 1 rings (SSSR count). The van der Waals surface area contributed by atoms with Crippen molar-refractivity contribution < 1.29 is 27.5 Å². The SMILES string of the molecule is CC(NC(=O)OC(C)(C)C)C(=O)Nc1cc(Cl)c(C(F)(F)F)cc1N. The van der Waals surface area contributed by atoms with Gasteiger partial charge in [0, 0.05) is 0 Å². The van der Waals surface area contributed by atoms with Gasteiger partial charge in [0.1, 0.15) is 11.6 Å². The van der Waals surface area contributed by atoms with Crippen molar-refractivity contribution in [2.24, 2.45) is 0 Å². The van der Waals surface area contributed by atoms with Crippen LogP contribution in [0.2, 0.25) is 5.02 Å². The van der Waals surface area contributed by atoms with Crippen LogP contribution in [0, 0.1) is 0 Å². The van der Waals surface area contributed by atoms with Crippen LogP contribution in [0.1, 0.15) is 33.3 Å². The fourth-order valence-corrected chi connectivity index (χ4v) is 1.98. The highest BCUT2D eigenvalue weighted by Crippen LogP contribution is 2.38. The zero-order chi connectivity index (χ0) is 19.6. The van der Waals surface area contributed by atoms with Crippen LogP contribution < -0.4 is 16.4 Å². The lowest BCUT2D eigenvalue weighted by molar-refractivity contribution is -0.137. The van der Waals surface area contributed by atoms with Crippen molar-refractivity contribution in [1.29, 1.82) is 0 Å². The van der Waals surface area contributed by atoms with Crippen molar-refractivity contribution in [2.45, 2.75) is 45.5 Å². The number of hydrogen-bond donors (Lipinski definition) is 3. The summed E-state index contributed by atoms with van der Waals surface area (Å²) in [5, 5.41) is 4.00. The van der Waals surface area contributed by atoms with Crippen molar-refractivity contribution in [3.63, 3.8) is 0 Å². The molecule has 1 aromatic rings. The van der Waals surface area contributed by atoms with Gasteiger partial charge < -0.3 is 21.1 Å². The topological polar surface area (TPSA) is 93.4 Å². The van der Waals surface area contributed by atoms with Crippen LogP contribution in [0.25, 0.3) is 0 Å². The molecule has 1 unspecified atom stereocenters. The molecule has 0 aliphatic carbocycles. The second kappa shape index (κ2) is 7.38. The number of hydrogen-bond acceptors (Lipinski definition) is 4. The van der Waals surface area contributed by atoms with E-state index >= 15 is 0 Å². The van der Waals surface area contributed by atoms with Crippen LogP contribution in [-0.4, -0.2) is 23.6 Å². The average Bonchev–Trinajstić information content (AvgIpc) is 2.38. The van der Waals surface area contributed by atoms with Crippen LogP contribution in [0.3, 0.4) is 0 Å². The molecule has 0 heterocycles. The summed E-state index contributed by atoms with van der Waals surface area (Å²) >= 11 is 5.59. The van der Waals surface area contributed by atoms with Gasteiger partial charge in [-0.1, -0.05) is 11.6 Å². The summed E-state index contributed by atoms with van der Waals surface area (Å²) in [5.74, 6) is -0.701. The first kappa shape index (κ1) is 20.9. The lowest BCUT2D eigenvalue weighted by Crippen LogP contribution is -2.44. The molecule has 1 aromatic carbocycles. The third kappa shape index (κ3) is 6.33. The Kier molecular flexibility index (Phi) is 6.17. The number of anilines is 2. The molecule has 4 N–H and O–H groups in total. The summed E-state index contributed by atoms with van der Waals surface area (Å²) < 4.78 is 43.2. The fraction of sp³-hybridized carbons (Fsp3) is 0.467. The molecular weight excluding hydrogens is 363 g/mol. The highest BCUT2D eigenvalue weighted by molar-refractivity contribution is 6.32. The predicted octanol–water partition coefficient (Wildman–Crippen LogP) is 3.79. The molecule has 0 bridgehead atoms. The first-order chi connectivity index (χ1) is 11.2. The number of nitrogens with one attached hydrogen (secondary N) is 2. The van der Waals surface area contributed by atoms with Crippen molar-refractivity contribution in [1.82, 2.24) is 5.32 Å². The second-order valence-corrected chi connectivity index (χ2v) is 6.68. The number of nitrogens with two attached hydrogens (primary N) is 1. The summed E-state index contributed by atoms with van der Waals surface area (Å²) in [6.07, 6.45) is -5.48. The molecule has 2 amide bonds. The average molecular weight is 382 g/mol. The Morgan fingerprint density at radius 3 is 2.28 bits per heavy atom. The first-order valence-corrected chi connectivity index (χ1v) is 7.55. The standard InChI is InChI=1S/C15H19ClF3N3O3/c1-7(21-13(24)25-14(2,3)4)12(23)22-11-6-9(16)8(5-10(11)20)15(17,18)19/h5-7H,20H2,1-4H3,(H,21,24)(H,22,23). The van der Waals surface area contributed by atoms with Crippen LogP contribution >= 0.6 is 11.6 Å². The van der Waals surface area contributed by atoms with Gasteiger partial charge in [-0.2, -0.15) is 13.2 Å². The zero-order valence-corrected chi connectivity index (χ0v) is 14.8. The summed E-state index contributed by atoms with van der Waals surface area (Å²) in [4.78, 5) is 23.7. The lowest BCUT2D eigenvalue weighted by Gasteiger charge is -2.22. The molecule has 10 heteroatoms. The maximum atomic E-state index is 12.7. The molecule has 0 aromatic heterocycles. The second-order valence-electron chi connectivity index (χ2n) is 6.27. The van der Waals surface area contributed by atoms with Gasteiger partial charge in [-0.25, -0.2) is 4.79 Å². The third-order valence-electron chi connectivity index (χ3n) is 2.83. The Morgan fingerprint density at radius 2 is 1.80 bits per heavy atom. The third-order valence-corrected chi connectivity index (χ3v) is 3.14. The number of ether oxygens (including phenoxy) is 1. The van der Waals surface area contributed by atoms with Gasteiger partial charge in [0.2, 0.25) is 5.91 Å². The van der Waals surface area contributed by atoms with Crippen molar-refractivity contribution in [3.8, 4) is 0 Å². The maximum Gasteiger partial charge on any atom is 0.417 e. The van der Waals surface area contributed by atoms with Gasteiger partial charge in [-0.05, 0) is 39.8 Å². The number of amides is 2. The van der Waals surface area contributed by atoms with Gasteiger partial charge in [-0.15, -0.1) is 0 Å². The van der Waals surface area contributed by atoms with E-state index in [4.69, 9.17) is 22.1 Å². The highest BCUT2D eigenvalue weighted by atomic mass is 35.5. The lowest BCUT2D eigenvalue weighted by atomic mass is 10.1. The molecule has 1 atom stereocenters. The minimum absolute atomic E-state index is 0.0964. The summed E-state index contributed by atoms with van der Waals surface area (Å²) in [6.45, 7) is 6.34.